The average Bonchev–Trinajstić information content (AvgIpc) is 3.20. The van der Waals surface area contributed by atoms with Crippen LogP contribution in [0.1, 0.15) is 42.6 Å². The molecule has 0 aliphatic carbocycles. The highest BCUT2D eigenvalue weighted by Crippen LogP contribution is 2.32. The molecule has 5 rings (SSSR count). The Morgan fingerprint density at radius 1 is 1.06 bits per heavy atom. The van der Waals surface area contributed by atoms with Crippen LogP contribution in [0.4, 0.5) is 5.69 Å². The van der Waals surface area contributed by atoms with Gasteiger partial charge in [-0.1, -0.05) is 30.3 Å². The van der Waals surface area contributed by atoms with Gasteiger partial charge in [-0.15, -0.1) is 0 Å². The molecular weight excluding hydrogens is 420 g/mol. The molecule has 1 atom stereocenters. The summed E-state index contributed by atoms with van der Waals surface area (Å²) in [6.45, 7) is 1.44. The Kier molecular flexibility index (Phi) is 5.44. The molecule has 8 heteroatoms. The first-order valence-electron chi connectivity index (χ1n) is 12.3. The lowest BCUT2D eigenvalue weighted by Crippen LogP contribution is -2.52. The van der Waals surface area contributed by atoms with E-state index in [9.17, 15) is 14.4 Å². The van der Waals surface area contributed by atoms with Crippen LogP contribution in [0.25, 0.3) is 0 Å². The topological polar surface area (TPSA) is 91.0 Å². The Morgan fingerprint density at radius 3 is 2.58 bits per heavy atom. The monoisotopic (exact) mass is 450 g/mol. The average molecular weight is 451 g/mol. The van der Waals surface area contributed by atoms with Crippen LogP contribution < -0.4 is 10.6 Å². The standard InChI is InChI=1S/C25H28N4O4/c30-23-9-8-22(24(31)27-23)29-16-20-19(25(29)32)2-1-3-21(20)26-14-17-4-6-18(7-5-17)15-28-10-12-33-13-11-28/h1-7,22,26H,8-16H2,(H,27,30,31)/t22-/m1/s1/i15D2. The Balaban J connectivity index is 1.26. The van der Waals surface area contributed by atoms with Crippen molar-refractivity contribution in [2.75, 3.05) is 31.6 Å². The molecule has 0 spiro atoms. The molecule has 2 saturated heterocycles. The zero-order valence-corrected chi connectivity index (χ0v) is 18.3. The quantitative estimate of drug-likeness (QED) is 0.654. The third kappa shape index (κ3) is 4.62. The molecule has 0 bridgehead atoms. The van der Waals surface area contributed by atoms with Crippen LogP contribution in [0, 0.1) is 0 Å². The van der Waals surface area contributed by atoms with Crippen molar-refractivity contribution in [3.05, 3.63) is 64.7 Å². The van der Waals surface area contributed by atoms with Gasteiger partial charge in [-0.3, -0.25) is 24.6 Å². The first-order chi connectivity index (χ1) is 16.8. The number of imide groups is 1. The van der Waals surface area contributed by atoms with E-state index in [0.29, 0.717) is 56.9 Å². The summed E-state index contributed by atoms with van der Waals surface area (Å²) in [5.41, 5.74) is 3.80. The van der Waals surface area contributed by atoms with Gasteiger partial charge in [-0.05, 0) is 29.7 Å². The largest absolute Gasteiger partial charge is 0.381 e. The van der Waals surface area contributed by atoms with Gasteiger partial charge in [0.2, 0.25) is 11.8 Å². The van der Waals surface area contributed by atoms with Crippen molar-refractivity contribution in [3.63, 3.8) is 0 Å². The van der Waals surface area contributed by atoms with Gasteiger partial charge in [0.1, 0.15) is 6.04 Å². The highest BCUT2D eigenvalue weighted by Gasteiger charge is 2.39. The van der Waals surface area contributed by atoms with Gasteiger partial charge >= 0.3 is 0 Å². The number of carbonyl (C=O) groups is 3. The summed E-state index contributed by atoms with van der Waals surface area (Å²) in [6, 6.07) is 12.3. The zero-order valence-electron chi connectivity index (χ0n) is 20.3. The van der Waals surface area contributed by atoms with E-state index in [1.54, 1.807) is 15.9 Å². The number of ether oxygens (including phenoxy) is 1. The maximum absolute atomic E-state index is 13.0. The molecule has 0 radical (unpaired) electrons. The van der Waals surface area contributed by atoms with Crippen molar-refractivity contribution >= 4 is 23.4 Å². The molecule has 3 heterocycles. The Morgan fingerprint density at radius 2 is 1.82 bits per heavy atom. The summed E-state index contributed by atoms with van der Waals surface area (Å²) >= 11 is 0. The van der Waals surface area contributed by atoms with Crippen LogP contribution in [0.5, 0.6) is 0 Å². The van der Waals surface area contributed by atoms with Gasteiger partial charge in [0.15, 0.2) is 0 Å². The summed E-state index contributed by atoms with van der Waals surface area (Å²) in [5.74, 6) is -0.927. The van der Waals surface area contributed by atoms with Crippen LogP contribution in [0.3, 0.4) is 0 Å². The molecule has 0 unspecified atom stereocenters. The molecule has 3 aliphatic rings. The molecule has 2 aromatic rings. The van der Waals surface area contributed by atoms with E-state index < -0.39 is 18.4 Å². The van der Waals surface area contributed by atoms with Crippen molar-refractivity contribution in [1.29, 1.82) is 0 Å². The smallest absolute Gasteiger partial charge is 0.255 e. The lowest BCUT2D eigenvalue weighted by Gasteiger charge is -2.29. The normalized spacial score (nSPS) is 22.5. The van der Waals surface area contributed by atoms with E-state index in [1.807, 2.05) is 36.4 Å². The molecule has 2 aromatic carbocycles. The first kappa shape index (κ1) is 19.3. The first-order valence-corrected chi connectivity index (χ1v) is 11.3. The number of amides is 3. The van der Waals surface area contributed by atoms with Crippen molar-refractivity contribution in [1.82, 2.24) is 15.1 Å². The number of piperidine rings is 1. The predicted molar refractivity (Wildman–Crippen MR) is 122 cm³/mol. The number of hydrogen-bond acceptors (Lipinski definition) is 6. The SMILES string of the molecule is [2H]C([2H])(c1ccc(CNc2cccc3c2CN([C@@H]2CCC(=O)NC2=O)C3=O)cc1)N1CCOCC1. The molecule has 172 valence electrons. The van der Waals surface area contributed by atoms with Gasteiger partial charge < -0.3 is 15.0 Å². The zero-order chi connectivity index (χ0) is 24.6. The van der Waals surface area contributed by atoms with E-state index in [-0.39, 0.29) is 18.2 Å². The molecule has 3 aliphatic heterocycles. The maximum Gasteiger partial charge on any atom is 0.255 e. The number of nitrogens with one attached hydrogen (secondary N) is 2. The fourth-order valence-corrected chi connectivity index (χ4v) is 4.50. The van der Waals surface area contributed by atoms with Crippen molar-refractivity contribution in [3.8, 4) is 0 Å². The summed E-state index contributed by atoms with van der Waals surface area (Å²) in [5, 5.41) is 5.72. The minimum absolute atomic E-state index is 0.201. The minimum Gasteiger partial charge on any atom is -0.381 e. The summed E-state index contributed by atoms with van der Waals surface area (Å²) in [4.78, 5) is 40.1. The van der Waals surface area contributed by atoms with Crippen LogP contribution >= 0.6 is 0 Å². The third-order valence-corrected chi connectivity index (χ3v) is 6.32. The molecule has 0 aromatic heterocycles. The molecule has 33 heavy (non-hydrogen) atoms. The lowest BCUT2D eigenvalue weighted by atomic mass is 10.0. The summed E-state index contributed by atoms with van der Waals surface area (Å²) in [6.07, 6.45) is 0.554. The van der Waals surface area contributed by atoms with Crippen LogP contribution in [0.15, 0.2) is 42.5 Å². The van der Waals surface area contributed by atoms with E-state index in [2.05, 4.69) is 10.6 Å². The number of morpholine rings is 1. The number of hydrogen-bond donors (Lipinski definition) is 2. The van der Waals surface area contributed by atoms with E-state index in [4.69, 9.17) is 7.48 Å². The van der Waals surface area contributed by atoms with Gasteiger partial charge in [-0.25, -0.2) is 0 Å². The molecule has 8 nitrogen and oxygen atoms in total. The Bertz CT molecular complexity index is 1150. The second kappa shape index (κ2) is 9.33. The summed E-state index contributed by atoms with van der Waals surface area (Å²) < 4.78 is 22.4. The van der Waals surface area contributed by atoms with Crippen LogP contribution in [0.2, 0.25) is 0 Å². The Hall–Kier alpha value is -3.23. The Labute approximate surface area is 195 Å². The summed E-state index contributed by atoms with van der Waals surface area (Å²) in [7, 11) is 0. The van der Waals surface area contributed by atoms with Gasteiger partial charge in [0.05, 0.1) is 13.2 Å². The number of fused-ring (bicyclic) bond motifs is 1. The van der Waals surface area contributed by atoms with Crippen LogP contribution in [-0.4, -0.2) is 59.9 Å². The van der Waals surface area contributed by atoms with Crippen molar-refractivity contribution in [2.24, 2.45) is 0 Å². The van der Waals surface area contributed by atoms with E-state index in [0.717, 1.165) is 16.8 Å². The van der Waals surface area contributed by atoms with Crippen molar-refractivity contribution < 1.29 is 21.9 Å². The number of anilines is 1. The number of rotatable bonds is 6. The second-order valence-electron chi connectivity index (χ2n) is 8.49. The van der Waals surface area contributed by atoms with Crippen molar-refractivity contribution in [2.45, 2.75) is 38.5 Å². The van der Waals surface area contributed by atoms with E-state index >= 15 is 0 Å². The van der Waals surface area contributed by atoms with Gasteiger partial charge in [0.25, 0.3) is 5.91 Å². The van der Waals surface area contributed by atoms with Gasteiger partial charge in [0, 0.05) is 58.7 Å². The minimum atomic E-state index is -1.56. The molecule has 0 saturated carbocycles. The number of benzene rings is 2. The maximum atomic E-state index is 13.0. The van der Waals surface area contributed by atoms with Crippen LogP contribution in [-0.2, 0) is 33.9 Å². The lowest BCUT2D eigenvalue weighted by molar-refractivity contribution is -0.136. The fourth-order valence-electron chi connectivity index (χ4n) is 4.50. The molecular formula is C25H28N4O4. The molecule has 2 fully saturated rings. The fraction of sp³-hybridized carbons (Fsp3) is 0.400. The van der Waals surface area contributed by atoms with E-state index in [1.165, 1.54) is 0 Å². The number of carbonyl (C=O) groups excluding carboxylic acids is 3. The third-order valence-electron chi connectivity index (χ3n) is 6.32. The molecule has 2 N–H and O–H groups in total. The number of nitrogens with zero attached hydrogens (tertiary/aromatic N) is 2. The highest BCUT2D eigenvalue weighted by atomic mass is 16.5. The second-order valence-corrected chi connectivity index (χ2v) is 8.49. The van der Waals surface area contributed by atoms with Gasteiger partial charge in [-0.2, -0.15) is 0 Å². The predicted octanol–water partition coefficient (Wildman–Crippen LogP) is 1.89. The molecule has 3 amide bonds. The highest BCUT2D eigenvalue weighted by molar-refractivity contribution is 6.06.